The summed E-state index contributed by atoms with van der Waals surface area (Å²) in [6.45, 7) is 4.31. The van der Waals surface area contributed by atoms with Gasteiger partial charge in [-0.1, -0.05) is 36.8 Å². The summed E-state index contributed by atoms with van der Waals surface area (Å²) in [5, 5.41) is 0. The van der Waals surface area contributed by atoms with Crippen LogP contribution in [-0.2, 0) is 6.61 Å². The minimum absolute atomic E-state index is 0.0382. The van der Waals surface area contributed by atoms with Gasteiger partial charge in [0, 0.05) is 12.1 Å². The molecule has 0 aromatic heterocycles. The highest BCUT2D eigenvalue weighted by atomic mass is 16.5. The van der Waals surface area contributed by atoms with Crippen molar-refractivity contribution in [3.05, 3.63) is 59.2 Å². The van der Waals surface area contributed by atoms with Gasteiger partial charge in [-0.05, 0) is 30.7 Å². The molecule has 0 saturated heterocycles. The number of rotatable bonds is 5. The average molecular weight is 269 g/mol. The fourth-order valence-electron chi connectivity index (χ4n) is 1.93. The first-order valence-electron chi connectivity index (χ1n) is 6.71. The van der Waals surface area contributed by atoms with Crippen LogP contribution in [0.4, 0.5) is 5.69 Å². The zero-order valence-electron chi connectivity index (χ0n) is 11.8. The number of anilines is 1. The lowest BCUT2D eigenvalue weighted by molar-refractivity contribution is 0.0984. The summed E-state index contributed by atoms with van der Waals surface area (Å²) in [6, 6.07) is 13.3. The second-order valence-electron chi connectivity index (χ2n) is 4.81. The van der Waals surface area contributed by atoms with Crippen LogP contribution in [0, 0.1) is 6.92 Å². The maximum atomic E-state index is 11.9. The first-order valence-corrected chi connectivity index (χ1v) is 6.71. The van der Waals surface area contributed by atoms with Crippen LogP contribution in [-0.4, -0.2) is 5.78 Å². The van der Waals surface area contributed by atoms with Crippen molar-refractivity contribution >= 4 is 11.5 Å². The topological polar surface area (TPSA) is 52.3 Å². The summed E-state index contributed by atoms with van der Waals surface area (Å²) in [5.41, 5.74) is 9.15. The van der Waals surface area contributed by atoms with Gasteiger partial charge in [-0.3, -0.25) is 4.79 Å². The van der Waals surface area contributed by atoms with Crippen molar-refractivity contribution in [2.24, 2.45) is 0 Å². The Hall–Kier alpha value is -2.29. The lowest BCUT2D eigenvalue weighted by Gasteiger charge is -2.11. The second kappa shape index (κ2) is 6.24. The van der Waals surface area contributed by atoms with E-state index in [1.54, 1.807) is 18.2 Å². The molecular weight excluding hydrogens is 250 g/mol. The molecule has 3 heteroatoms. The van der Waals surface area contributed by atoms with Gasteiger partial charge in [-0.25, -0.2) is 0 Å². The summed E-state index contributed by atoms with van der Waals surface area (Å²) in [5.74, 6) is 0.628. The summed E-state index contributed by atoms with van der Waals surface area (Å²) < 4.78 is 5.76. The standard InChI is InChI=1S/C17H19NO2/c1-3-16(19)15-10-14(18)8-9-17(15)20-11-13-6-4-12(2)5-7-13/h4-10H,3,11,18H2,1-2H3. The molecule has 104 valence electrons. The first kappa shape index (κ1) is 14.1. The van der Waals surface area contributed by atoms with E-state index in [9.17, 15) is 4.79 Å². The molecule has 0 atom stereocenters. The molecule has 0 aliphatic carbocycles. The third-order valence-corrected chi connectivity index (χ3v) is 3.14. The van der Waals surface area contributed by atoms with Gasteiger partial charge in [0.15, 0.2) is 5.78 Å². The van der Waals surface area contributed by atoms with Crippen LogP contribution in [0.25, 0.3) is 0 Å². The van der Waals surface area contributed by atoms with E-state index in [2.05, 4.69) is 0 Å². The number of ether oxygens (including phenoxy) is 1. The molecular formula is C17H19NO2. The molecule has 2 aromatic carbocycles. The third kappa shape index (κ3) is 3.38. The van der Waals surface area contributed by atoms with E-state index in [1.165, 1.54) is 5.56 Å². The predicted octanol–water partition coefficient (Wildman–Crippen LogP) is 3.75. The van der Waals surface area contributed by atoms with E-state index >= 15 is 0 Å². The molecule has 0 fully saturated rings. The van der Waals surface area contributed by atoms with Crippen molar-refractivity contribution in [3.8, 4) is 5.75 Å². The van der Waals surface area contributed by atoms with Gasteiger partial charge in [-0.15, -0.1) is 0 Å². The van der Waals surface area contributed by atoms with Gasteiger partial charge < -0.3 is 10.5 Å². The van der Waals surface area contributed by atoms with Crippen LogP contribution in [0.3, 0.4) is 0 Å². The SMILES string of the molecule is CCC(=O)c1cc(N)ccc1OCc1ccc(C)cc1. The van der Waals surface area contributed by atoms with Crippen LogP contribution in [0.2, 0.25) is 0 Å². The van der Waals surface area contributed by atoms with Gasteiger partial charge in [0.1, 0.15) is 12.4 Å². The van der Waals surface area contributed by atoms with E-state index in [0.717, 1.165) is 5.56 Å². The van der Waals surface area contributed by atoms with Gasteiger partial charge >= 0.3 is 0 Å². The fourth-order valence-corrected chi connectivity index (χ4v) is 1.93. The molecule has 0 bridgehead atoms. The minimum Gasteiger partial charge on any atom is -0.488 e. The molecule has 0 aliphatic heterocycles. The molecule has 0 unspecified atom stereocenters. The molecule has 0 spiro atoms. The van der Waals surface area contributed by atoms with Crippen LogP contribution in [0.5, 0.6) is 5.75 Å². The molecule has 3 nitrogen and oxygen atoms in total. The van der Waals surface area contributed by atoms with Crippen LogP contribution < -0.4 is 10.5 Å². The van der Waals surface area contributed by atoms with E-state index in [-0.39, 0.29) is 5.78 Å². The number of hydrogen-bond acceptors (Lipinski definition) is 3. The van der Waals surface area contributed by atoms with E-state index in [4.69, 9.17) is 10.5 Å². The summed E-state index contributed by atoms with van der Waals surface area (Å²) in [7, 11) is 0. The van der Waals surface area contributed by atoms with Crippen LogP contribution >= 0.6 is 0 Å². The number of carbonyl (C=O) groups is 1. The normalized spacial score (nSPS) is 10.3. The maximum Gasteiger partial charge on any atom is 0.166 e. The Kier molecular flexibility index (Phi) is 4.41. The fraction of sp³-hybridized carbons (Fsp3) is 0.235. The molecule has 0 amide bonds. The highest BCUT2D eigenvalue weighted by Crippen LogP contribution is 2.24. The van der Waals surface area contributed by atoms with E-state index in [1.807, 2.05) is 38.1 Å². The molecule has 0 saturated carbocycles. The number of nitrogen functional groups attached to an aromatic ring is 1. The number of Topliss-reactive ketones (excluding diaryl/α,β-unsaturated/α-hetero) is 1. The number of hydrogen-bond donors (Lipinski definition) is 1. The Labute approximate surface area is 119 Å². The molecule has 2 rings (SSSR count). The number of benzene rings is 2. The Morgan fingerprint density at radius 3 is 2.50 bits per heavy atom. The maximum absolute atomic E-state index is 11.9. The quantitative estimate of drug-likeness (QED) is 0.664. The molecule has 2 N–H and O–H groups in total. The zero-order chi connectivity index (χ0) is 14.5. The van der Waals surface area contributed by atoms with Crippen molar-refractivity contribution in [1.82, 2.24) is 0 Å². The smallest absolute Gasteiger partial charge is 0.166 e. The zero-order valence-corrected chi connectivity index (χ0v) is 11.8. The number of aryl methyl sites for hydroxylation is 1. The summed E-state index contributed by atoms with van der Waals surface area (Å²) in [4.78, 5) is 11.9. The first-order chi connectivity index (χ1) is 9.60. The summed E-state index contributed by atoms with van der Waals surface area (Å²) in [6.07, 6.45) is 0.435. The van der Waals surface area contributed by atoms with Gasteiger partial charge in [0.2, 0.25) is 0 Å². The van der Waals surface area contributed by atoms with E-state index in [0.29, 0.717) is 30.0 Å². The van der Waals surface area contributed by atoms with Gasteiger partial charge in [0.25, 0.3) is 0 Å². The Morgan fingerprint density at radius 1 is 1.15 bits per heavy atom. The van der Waals surface area contributed by atoms with Crippen LogP contribution in [0.15, 0.2) is 42.5 Å². The van der Waals surface area contributed by atoms with Crippen molar-refractivity contribution < 1.29 is 9.53 Å². The molecule has 0 radical (unpaired) electrons. The average Bonchev–Trinajstić information content (AvgIpc) is 2.46. The number of carbonyl (C=O) groups excluding carboxylic acids is 1. The molecule has 20 heavy (non-hydrogen) atoms. The van der Waals surface area contributed by atoms with Crippen molar-refractivity contribution in [2.75, 3.05) is 5.73 Å². The molecule has 0 heterocycles. The second-order valence-corrected chi connectivity index (χ2v) is 4.81. The summed E-state index contributed by atoms with van der Waals surface area (Å²) >= 11 is 0. The van der Waals surface area contributed by atoms with Gasteiger partial charge in [-0.2, -0.15) is 0 Å². The molecule has 2 aromatic rings. The number of nitrogens with two attached hydrogens (primary N) is 1. The van der Waals surface area contributed by atoms with Crippen molar-refractivity contribution in [1.29, 1.82) is 0 Å². The molecule has 0 aliphatic rings. The largest absolute Gasteiger partial charge is 0.488 e. The highest BCUT2D eigenvalue weighted by molar-refractivity contribution is 5.99. The van der Waals surface area contributed by atoms with Gasteiger partial charge in [0.05, 0.1) is 5.56 Å². The third-order valence-electron chi connectivity index (χ3n) is 3.14. The number of ketones is 1. The lowest BCUT2D eigenvalue weighted by atomic mass is 10.1. The lowest BCUT2D eigenvalue weighted by Crippen LogP contribution is -2.04. The van der Waals surface area contributed by atoms with Crippen LogP contribution in [0.1, 0.15) is 34.8 Å². The monoisotopic (exact) mass is 269 g/mol. The Morgan fingerprint density at radius 2 is 1.85 bits per heavy atom. The predicted molar refractivity (Wildman–Crippen MR) is 81.0 cm³/mol. The van der Waals surface area contributed by atoms with E-state index < -0.39 is 0 Å². The Balaban J connectivity index is 2.16. The minimum atomic E-state index is 0.0382. The highest BCUT2D eigenvalue weighted by Gasteiger charge is 2.11. The van der Waals surface area contributed by atoms with Crippen molar-refractivity contribution in [3.63, 3.8) is 0 Å². The van der Waals surface area contributed by atoms with Crippen molar-refractivity contribution in [2.45, 2.75) is 26.9 Å². The Bertz CT molecular complexity index is 603.